The zero-order chi connectivity index (χ0) is 13.6. The summed E-state index contributed by atoms with van der Waals surface area (Å²) in [6, 6.07) is 8.18. The molecule has 0 aliphatic heterocycles. The second kappa shape index (κ2) is 4.30. The first-order valence-electron chi connectivity index (χ1n) is 6.65. The third-order valence-electron chi connectivity index (χ3n) is 4.02. The van der Waals surface area contributed by atoms with E-state index in [0.29, 0.717) is 12.8 Å². The van der Waals surface area contributed by atoms with E-state index < -0.39 is 0 Å². The minimum atomic E-state index is 0.111. The first-order valence-corrected chi connectivity index (χ1v) is 6.65. The van der Waals surface area contributed by atoms with E-state index in [4.69, 9.17) is 0 Å². The Balaban J connectivity index is 2.41. The van der Waals surface area contributed by atoms with Crippen molar-refractivity contribution >= 4 is 22.3 Å². The molecule has 0 atom stereocenters. The van der Waals surface area contributed by atoms with Crippen molar-refractivity contribution in [2.24, 2.45) is 0 Å². The summed E-state index contributed by atoms with van der Waals surface area (Å²) in [4.78, 5) is 23.6. The lowest BCUT2D eigenvalue weighted by Gasteiger charge is -2.14. The lowest BCUT2D eigenvalue weighted by atomic mass is 9.88. The van der Waals surface area contributed by atoms with Gasteiger partial charge in [-0.05, 0) is 47.7 Å². The first-order chi connectivity index (χ1) is 9.09. The molecule has 0 unspecified atom stereocenters. The van der Waals surface area contributed by atoms with E-state index in [0.717, 1.165) is 28.7 Å². The van der Waals surface area contributed by atoms with Gasteiger partial charge in [-0.1, -0.05) is 24.3 Å². The summed E-state index contributed by atoms with van der Waals surface area (Å²) in [7, 11) is 0. The molecule has 0 radical (unpaired) electrons. The van der Waals surface area contributed by atoms with E-state index >= 15 is 0 Å². The Morgan fingerprint density at radius 3 is 2.53 bits per heavy atom. The van der Waals surface area contributed by atoms with Gasteiger partial charge in [-0.25, -0.2) is 0 Å². The zero-order valence-electron chi connectivity index (χ0n) is 11.2. The maximum absolute atomic E-state index is 12.2. The zero-order valence-corrected chi connectivity index (χ0v) is 11.2. The topological polar surface area (TPSA) is 34.1 Å². The Labute approximate surface area is 112 Å². The number of benzene rings is 2. The average molecular weight is 252 g/mol. The monoisotopic (exact) mass is 252 g/mol. The van der Waals surface area contributed by atoms with Crippen LogP contribution in [-0.2, 0) is 17.6 Å². The van der Waals surface area contributed by atoms with Crippen LogP contribution in [0.1, 0.15) is 40.4 Å². The highest BCUT2D eigenvalue weighted by atomic mass is 16.1. The van der Waals surface area contributed by atoms with Gasteiger partial charge in [0, 0.05) is 18.4 Å². The van der Waals surface area contributed by atoms with Gasteiger partial charge in [0.15, 0.2) is 5.78 Å². The van der Waals surface area contributed by atoms with Crippen LogP contribution in [0.5, 0.6) is 0 Å². The van der Waals surface area contributed by atoms with Gasteiger partial charge < -0.3 is 0 Å². The molecular weight excluding hydrogens is 236 g/mol. The van der Waals surface area contributed by atoms with Crippen LogP contribution in [0.3, 0.4) is 0 Å². The number of hydrogen-bond donors (Lipinski definition) is 0. The second-order valence-corrected chi connectivity index (χ2v) is 5.30. The van der Waals surface area contributed by atoms with Crippen LogP contribution in [0.15, 0.2) is 24.3 Å². The van der Waals surface area contributed by atoms with Crippen LogP contribution in [0.4, 0.5) is 0 Å². The number of carbonyl (C=O) groups excluding carboxylic acids is 2. The molecular formula is C17H16O2. The Morgan fingerprint density at radius 1 is 1.16 bits per heavy atom. The van der Waals surface area contributed by atoms with Crippen molar-refractivity contribution in [1.29, 1.82) is 0 Å². The van der Waals surface area contributed by atoms with Crippen molar-refractivity contribution in [3.05, 3.63) is 46.5 Å². The van der Waals surface area contributed by atoms with E-state index in [-0.39, 0.29) is 11.6 Å². The van der Waals surface area contributed by atoms with Gasteiger partial charge in [-0.15, -0.1) is 0 Å². The van der Waals surface area contributed by atoms with Crippen molar-refractivity contribution in [1.82, 2.24) is 0 Å². The Bertz CT molecular complexity index is 711. The number of carbonyl (C=O) groups is 2. The molecule has 0 heterocycles. The van der Waals surface area contributed by atoms with Gasteiger partial charge in [-0.2, -0.15) is 0 Å². The standard InChI is InChI=1S/C17H16O2/c1-10(18)9-15-11(2)12-5-3-4-6-13(12)14-7-8-16(19)17(14)15/h3-6H,7-9H2,1-2H3. The van der Waals surface area contributed by atoms with Crippen LogP contribution in [0.25, 0.3) is 10.8 Å². The molecule has 0 spiro atoms. The molecule has 0 N–H and O–H groups in total. The van der Waals surface area contributed by atoms with Gasteiger partial charge in [0.1, 0.15) is 5.78 Å². The summed E-state index contributed by atoms with van der Waals surface area (Å²) >= 11 is 0. The van der Waals surface area contributed by atoms with Crippen molar-refractivity contribution in [3.63, 3.8) is 0 Å². The molecule has 1 aliphatic rings. The Kier molecular flexibility index (Phi) is 2.74. The summed E-state index contributed by atoms with van der Waals surface area (Å²) in [6.45, 7) is 3.60. The molecule has 0 aromatic heterocycles. The lowest BCUT2D eigenvalue weighted by molar-refractivity contribution is -0.116. The molecule has 0 saturated carbocycles. The quantitative estimate of drug-likeness (QED) is 0.820. The van der Waals surface area contributed by atoms with Gasteiger partial charge in [-0.3, -0.25) is 9.59 Å². The molecule has 0 fully saturated rings. The summed E-state index contributed by atoms with van der Waals surface area (Å²) in [5, 5.41) is 2.35. The van der Waals surface area contributed by atoms with Crippen LogP contribution < -0.4 is 0 Å². The summed E-state index contributed by atoms with van der Waals surface area (Å²) in [6.07, 6.45) is 1.75. The maximum atomic E-state index is 12.2. The normalized spacial score (nSPS) is 13.9. The molecule has 2 aromatic rings. The van der Waals surface area contributed by atoms with Gasteiger partial charge in [0.25, 0.3) is 0 Å². The van der Waals surface area contributed by atoms with Gasteiger partial charge in [0.2, 0.25) is 0 Å². The Morgan fingerprint density at radius 2 is 1.84 bits per heavy atom. The van der Waals surface area contributed by atoms with E-state index in [1.807, 2.05) is 19.1 Å². The number of ketones is 2. The maximum Gasteiger partial charge on any atom is 0.163 e. The predicted molar refractivity (Wildman–Crippen MR) is 75.7 cm³/mol. The van der Waals surface area contributed by atoms with Crippen molar-refractivity contribution in [2.45, 2.75) is 33.1 Å². The minimum absolute atomic E-state index is 0.111. The van der Waals surface area contributed by atoms with E-state index in [1.54, 1.807) is 6.92 Å². The average Bonchev–Trinajstić information content (AvgIpc) is 2.76. The highest BCUT2D eigenvalue weighted by Gasteiger charge is 2.27. The molecule has 2 heteroatoms. The smallest absolute Gasteiger partial charge is 0.163 e. The van der Waals surface area contributed by atoms with Crippen molar-refractivity contribution in [3.8, 4) is 0 Å². The predicted octanol–water partition coefficient (Wildman–Crippen LogP) is 3.41. The van der Waals surface area contributed by atoms with Crippen LogP contribution in [-0.4, -0.2) is 11.6 Å². The molecule has 0 bridgehead atoms. The molecule has 3 rings (SSSR count). The summed E-state index contributed by atoms with van der Waals surface area (Å²) < 4.78 is 0. The number of Topliss-reactive ketones (excluding diaryl/α,β-unsaturated/α-hetero) is 2. The number of fused-ring (bicyclic) bond motifs is 3. The summed E-state index contributed by atoms with van der Waals surface area (Å²) in [5.74, 6) is 0.306. The molecule has 0 amide bonds. The molecule has 2 nitrogen and oxygen atoms in total. The van der Waals surface area contributed by atoms with Gasteiger partial charge in [0.05, 0.1) is 0 Å². The van der Waals surface area contributed by atoms with Gasteiger partial charge >= 0.3 is 0 Å². The van der Waals surface area contributed by atoms with Crippen molar-refractivity contribution in [2.75, 3.05) is 0 Å². The molecule has 1 aliphatic carbocycles. The largest absolute Gasteiger partial charge is 0.300 e. The molecule has 96 valence electrons. The molecule has 0 saturated heterocycles. The highest BCUT2D eigenvalue weighted by Crippen LogP contribution is 2.36. The fourth-order valence-corrected chi connectivity index (χ4v) is 3.17. The van der Waals surface area contributed by atoms with Crippen LogP contribution in [0.2, 0.25) is 0 Å². The minimum Gasteiger partial charge on any atom is -0.300 e. The first kappa shape index (κ1) is 12.1. The third kappa shape index (κ3) is 1.79. The van der Waals surface area contributed by atoms with E-state index in [1.165, 1.54) is 10.8 Å². The number of rotatable bonds is 2. The number of hydrogen-bond acceptors (Lipinski definition) is 2. The number of aryl methyl sites for hydroxylation is 2. The fraction of sp³-hybridized carbons (Fsp3) is 0.294. The van der Waals surface area contributed by atoms with E-state index in [2.05, 4.69) is 12.1 Å². The Hall–Kier alpha value is -1.96. The SMILES string of the molecule is CC(=O)Cc1c2c(c3ccccc3c1C)CCC2=O. The molecule has 19 heavy (non-hydrogen) atoms. The van der Waals surface area contributed by atoms with E-state index in [9.17, 15) is 9.59 Å². The second-order valence-electron chi connectivity index (χ2n) is 5.30. The third-order valence-corrected chi connectivity index (χ3v) is 4.02. The van der Waals surface area contributed by atoms with Crippen LogP contribution in [0, 0.1) is 6.92 Å². The summed E-state index contributed by atoms with van der Waals surface area (Å²) in [5.41, 5.74) is 4.00. The van der Waals surface area contributed by atoms with Crippen molar-refractivity contribution < 1.29 is 9.59 Å². The lowest BCUT2D eigenvalue weighted by Crippen LogP contribution is -2.07. The highest BCUT2D eigenvalue weighted by molar-refractivity contribution is 6.09. The van der Waals surface area contributed by atoms with Crippen LogP contribution >= 0.6 is 0 Å². The fourth-order valence-electron chi connectivity index (χ4n) is 3.17. The molecule has 2 aromatic carbocycles.